The quantitative estimate of drug-likeness (QED) is 0.0531. The van der Waals surface area contributed by atoms with Crippen LogP contribution in [0.5, 0.6) is 6.01 Å². The summed E-state index contributed by atoms with van der Waals surface area (Å²) in [7, 11) is 1.43. The van der Waals surface area contributed by atoms with E-state index >= 15 is 4.39 Å². The summed E-state index contributed by atoms with van der Waals surface area (Å²) >= 11 is 7.62. The lowest BCUT2D eigenvalue weighted by Crippen LogP contribution is -2.54. The summed E-state index contributed by atoms with van der Waals surface area (Å²) in [5, 5.41) is 20.0. The van der Waals surface area contributed by atoms with Gasteiger partial charge in [-0.05, 0) is 111 Å². The van der Waals surface area contributed by atoms with Crippen molar-refractivity contribution in [3.05, 3.63) is 100 Å². The third kappa shape index (κ3) is 14.3. The van der Waals surface area contributed by atoms with Gasteiger partial charge in [-0.15, -0.1) is 11.3 Å². The van der Waals surface area contributed by atoms with Gasteiger partial charge in [0.2, 0.25) is 24.6 Å². The van der Waals surface area contributed by atoms with Gasteiger partial charge in [-0.2, -0.15) is 15.2 Å². The van der Waals surface area contributed by atoms with E-state index in [0.717, 1.165) is 73.5 Å². The van der Waals surface area contributed by atoms with Gasteiger partial charge in [-0.3, -0.25) is 14.4 Å². The molecular formula is C59H72BClF2N10O5S. The first-order valence-corrected chi connectivity index (χ1v) is 28.7. The number of nitrogens with one attached hydrogen (secondary N) is 3. The summed E-state index contributed by atoms with van der Waals surface area (Å²) in [6.07, 6.45) is 8.02. The molecule has 4 aromatic carbocycles. The largest absolute Gasteiger partial charge is 0.467 e. The van der Waals surface area contributed by atoms with E-state index in [9.17, 15) is 24.0 Å². The van der Waals surface area contributed by atoms with E-state index in [1.807, 2.05) is 37.3 Å². The molecule has 20 heteroatoms. The van der Waals surface area contributed by atoms with E-state index < -0.39 is 17.7 Å². The van der Waals surface area contributed by atoms with Gasteiger partial charge in [0.05, 0.1) is 41.6 Å². The molecule has 4 saturated heterocycles. The van der Waals surface area contributed by atoms with E-state index in [2.05, 4.69) is 87.6 Å². The van der Waals surface area contributed by atoms with E-state index in [-0.39, 0.29) is 85.1 Å². The maximum atomic E-state index is 16.3. The molecule has 2 aromatic heterocycles. The summed E-state index contributed by atoms with van der Waals surface area (Å²) < 4.78 is 41.9. The predicted molar refractivity (Wildman–Crippen MR) is 312 cm³/mol. The molecule has 0 spiro atoms. The standard InChI is InChI=1S/C32H44N4O4.C23H18BClF2N6OS.C4H10/c1-24-9-3-4-10-28(24)27-14-12-26(13-15-27)25(2)34-32(39)29-11-7-20-36(29)31(38)23-33-30(37)16-22-40-21-8-19-35-17-5-6-18-35;1-34-23-30-19-12(22(31-23)33-8-10-4-5-24(9-33)32-10)6-14(25)17(18(19)27)11-2-3-15(26)20-16(11)13(7-28)21(29)35-20;1-4(2)3/h3-4,9-10,12-15,25,29H,5-8,11,16-23H2,1-2H3,(H,33,37)(H,34,39);2-3,6,10,32H,4-5,8-9,29H2,1H3;4H,1-3H3. The minimum absolute atomic E-state index is 0.0190. The number of halogens is 3. The Morgan fingerprint density at radius 2 is 1.73 bits per heavy atom. The van der Waals surface area contributed by atoms with Crippen molar-refractivity contribution in [1.29, 1.82) is 5.26 Å². The molecule has 3 atom stereocenters. The number of rotatable bonds is 16. The second-order valence-electron chi connectivity index (χ2n) is 21.5. The Morgan fingerprint density at radius 3 is 2.44 bits per heavy atom. The number of aromatic nitrogens is 2. The second kappa shape index (κ2) is 27.2. The van der Waals surface area contributed by atoms with E-state index in [4.69, 9.17) is 26.8 Å². The number of anilines is 2. The Hall–Kier alpha value is -6.43. The molecule has 4 aliphatic rings. The number of thiophene rings is 1. The van der Waals surface area contributed by atoms with Crippen molar-refractivity contribution in [3.8, 4) is 34.3 Å². The van der Waals surface area contributed by atoms with Gasteiger partial charge in [0.1, 0.15) is 34.3 Å². The molecule has 79 heavy (non-hydrogen) atoms. The highest BCUT2D eigenvalue weighted by Gasteiger charge is 2.38. The number of aryl methyl sites for hydroxylation is 1. The highest BCUT2D eigenvalue weighted by Crippen LogP contribution is 2.46. The third-order valence-corrected chi connectivity index (χ3v) is 16.0. The van der Waals surface area contributed by atoms with Gasteiger partial charge in [0, 0.05) is 61.5 Å². The molecule has 0 saturated carbocycles. The van der Waals surface area contributed by atoms with E-state index in [1.165, 1.54) is 56.3 Å². The van der Waals surface area contributed by atoms with Gasteiger partial charge in [0.25, 0.3) is 0 Å². The molecule has 2 bridgehead atoms. The number of nitrogens with zero attached hydrogens (tertiary/aromatic N) is 6. The first-order chi connectivity index (χ1) is 38.0. The zero-order chi connectivity index (χ0) is 56.3. The summed E-state index contributed by atoms with van der Waals surface area (Å²) in [4.78, 5) is 53.2. The molecule has 5 N–H and O–H groups in total. The molecule has 3 unspecified atom stereocenters. The van der Waals surface area contributed by atoms with Crippen molar-refractivity contribution in [1.82, 2.24) is 35.6 Å². The fourth-order valence-electron chi connectivity index (χ4n) is 10.8. The summed E-state index contributed by atoms with van der Waals surface area (Å²) in [5.74, 6) is -0.453. The number of carbonyl (C=O) groups excluding carboxylic acids is 3. The monoisotopic (exact) mass is 1120 g/mol. The lowest BCUT2D eigenvalue weighted by molar-refractivity contribution is -0.139. The molecule has 4 fully saturated rings. The van der Waals surface area contributed by atoms with Crippen LogP contribution in [0.1, 0.15) is 95.4 Å². The van der Waals surface area contributed by atoms with E-state index in [0.29, 0.717) is 50.3 Å². The highest BCUT2D eigenvalue weighted by molar-refractivity contribution is 7.23. The number of likely N-dealkylation sites (tertiary alicyclic amines) is 2. The van der Waals surface area contributed by atoms with Crippen LogP contribution in [-0.4, -0.2) is 122 Å². The Kier molecular flexibility index (Phi) is 20.2. The Morgan fingerprint density at radius 1 is 0.987 bits per heavy atom. The molecule has 4 aliphatic heterocycles. The predicted octanol–water partition coefficient (Wildman–Crippen LogP) is 10.1. The van der Waals surface area contributed by atoms with Crippen molar-refractivity contribution in [2.45, 2.75) is 104 Å². The topological polar surface area (TPSA) is 191 Å². The highest BCUT2D eigenvalue weighted by atomic mass is 35.5. The molecule has 10 rings (SSSR count). The number of nitrogens with two attached hydrogens (primary N) is 1. The maximum Gasteiger partial charge on any atom is 0.318 e. The van der Waals surface area contributed by atoms with Gasteiger partial charge in [-0.25, -0.2) is 8.78 Å². The van der Waals surface area contributed by atoms with Crippen LogP contribution >= 0.6 is 22.9 Å². The van der Waals surface area contributed by atoms with Crippen LogP contribution in [0.25, 0.3) is 43.2 Å². The third-order valence-electron chi connectivity index (χ3n) is 14.7. The molecule has 6 heterocycles. The fraction of sp³-hybridized carbons (Fsp3) is 0.458. The number of benzene rings is 4. The van der Waals surface area contributed by atoms with Crippen LogP contribution in [0.4, 0.5) is 19.6 Å². The molecule has 0 aliphatic carbocycles. The van der Waals surface area contributed by atoms with Crippen molar-refractivity contribution < 1.29 is 32.6 Å². The normalized spacial score (nSPS) is 17.3. The van der Waals surface area contributed by atoms with Crippen molar-refractivity contribution in [3.63, 3.8) is 0 Å². The lowest BCUT2D eigenvalue weighted by Gasteiger charge is -2.33. The SMILES string of the molecule is CC(C)C.COc1nc(N2CB3CCC(C2)N3)c2cc(Cl)c(-c3ccc(F)c4sc(N)c(C#N)c34)c(F)c2n1.Cc1ccccc1-c1ccc(C(C)NC(=O)C2CCCN2C(=O)CNC(=O)CCOCCCN2CCCC2)cc1. The zero-order valence-electron chi connectivity index (χ0n) is 46.1. The van der Waals surface area contributed by atoms with Crippen molar-refractivity contribution in [2.24, 2.45) is 5.92 Å². The van der Waals surface area contributed by atoms with Crippen LogP contribution in [0, 0.1) is 35.8 Å². The average molecular weight is 1120 g/mol. The minimum Gasteiger partial charge on any atom is -0.467 e. The van der Waals surface area contributed by atoms with Gasteiger partial charge >= 0.3 is 6.01 Å². The van der Waals surface area contributed by atoms with E-state index in [1.54, 1.807) is 11.0 Å². The number of hydrogen-bond acceptors (Lipinski definition) is 13. The molecular weight excluding hydrogens is 1050 g/mol. The number of nitrogen functional groups attached to an aromatic ring is 1. The molecule has 3 amide bonds. The Bertz CT molecular complexity index is 3160. The average Bonchev–Trinajstić information content (AvgIpc) is 4.37. The lowest BCUT2D eigenvalue weighted by atomic mass is 9.61. The van der Waals surface area contributed by atoms with Crippen LogP contribution in [0.2, 0.25) is 11.3 Å². The molecule has 15 nitrogen and oxygen atoms in total. The van der Waals surface area contributed by atoms with Gasteiger partial charge in [0.15, 0.2) is 5.82 Å². The number of nitriles is 1. The number of hydrogen-bond donors (Lipinski definition) is 4. The summed E-state index contributed by atoms with van der Waals surface area (Å²) in [5.41, 5.74) is 10.9. The molecule has 0 radical (unpaired) electrons. The van der Waals surface area contributed by atoms with Crippen LogP contribution in [0.3, 0.4) is 0 Å². The number of fused-ring (bicyclic) bond motifs is 4. The molecule has 6 aromatic rings. The number of amides is 3. The first-order valence-electron chi connectivity index (χ1n) is 27.5. The smallest absolute Gasteiger partial charge is 0.318 e. The Balaban J connectivity index is 0.000000196. The van der Waals surface area contributed by atoms with Crippen molar-refractivity contribution in [2.75, 3.05) is 76.7 Å². The van der Waals surface area contributed by atoms with Crippen molar-refractivity contribution >= 4 is 79.3 Å². The fourth-order valence-corrected chi connectivity index (χ4v) is 12.1. The molecule has 418 valence electrons. The van der Waals surface area contributed by atoms with Crippen LogP contribution in [-0.2, 0) is 19.1 Å². The first kappa shape index (κ1) is 58.7. The second-order valence-corrected chi connectivity index (χ2v) is 22.9. The van der Waals surface area contributed by atoms with Gasteiger partial charge < -0.3 is 45.8 Å². The number of methoxy groups -OCH3 is 1. The number of carbonyl (C=O) groups is 3. The maximum absolute atomic E-state index is 16.3. The van der Waals surface area contributed by atoms with Crippen LogP contribution in [0.15, 0.2) is 66.7 Å². The van der Waals surface area contributed by atoms with Crippen LogP contribution < -0.4 is 31.2 Å². The summed E-state index contributed by atoms with van der Waals surface area (Å²) in [6.45, 7) is 16.4. The zero-order valence-corrected chi connectivity index (χ0v) is 47.7. The minimum atomic E-state index is -0.700. The summed E-state index contributed by atoms with van der Waals surface area (Å²) in [6, 6.07) is 22.4. The Labute approximate surface area is 471 Å². The number of ether oxygens (including phenoxy) is 2. The van der Waals surface area contributed by atoms with Gasteiger partial charge in [-0.1, -0.05) is 93.3 Å².